The summed E-state index contributed by atoms with van der Waals surface area (Å²) >= 11 is 0. The lowest BCUT2D eigenvalue weighted by Gasteiger charge is -2.12. The topological polar surface area (TPSA) is 51.5 Å². The van der Waals surface area contributed by atoms with Crippen LogP contribution in [0.25, 0.3) is 38.4 Å². The number of fused-ring (bicyclic) bond motifs is 2. The SMILES string of the molecule is CCOc1cc2occ(-c3ccc4ccccc4c3)c2cc1/C(C)=C/C(=O)NCc1c(F)cccc1F. The molecule has 0 unspecified atom stereocenters. The summed E-state index contributed by atoms with van der Waals surface area (Å²) in [6.45, 7) is 3.85. The highest BCUT2D eigenvalue weighted by atomic mass is 19.1. The zero-order chi connectivity index (χ0) is 25.9. The molecule has 0 aliphatic carbocycles. The van der Waals surface area contributed by atoms with Crippen molar-refractivity contribution in [3.8, 4) is 16.9 Å². The smallest absolute Gasteiger partial charge is 0.244 e. The van der Waals surface area contributed by atoms with E-state index >= 15 is 0 Å². The maximum atomic E-state index is 13.9. The number of ether oxygens (including phenoxy) is 1. The fourth-order valence-electron chi connectivity index (χ4n) is 4.42. The van der Waals surface area contributed by atoms with E-state index in [1.807, 2.05) is 31.2 Å². The average molecular weight is 498 g/mol. The van der Waals surface area contributed by atoms with Gasteiger partial charge in [0.1, 0.15) is 23.0 Å². The van der Waals surface area contributed by atoms with E-state index in [9.17, 15) is 13.6 Å². The maximum Gasteiger partial charge on any atom is 0.244 e. The molecule has 37 heavy (non-hydrogen) atoms. The Morgan fingerprint density at radius 3 is 2.49 bits per heavy atom. The number of benzene rings is 4. The molecule has 0 radical (unpaired) electrons. The number of carbonyl (C=O) groups excluding carboxylic acids is 1. The Bertz CT molecular complexity index is 1630. The van der Waals surface area contributed by atoms with Gasteiger partial charge in [-0.2, -0.15) is 0 Å². The minimum Gasteiger partial charge on any atom is -0.493 e. The maximum absolute atomic E-state index is 13.9. The number of carbonyl (C=O) groups is 1. The van der Waals surface area contributed by atoms with E-state index in [1.165, 1.54) is 12.1 Å². The molecule has 4 aromatic carbocycles. The zero-order valence-corrected chi connectivity index (χ0v) is 20.5. The highest BCUT2D eigenvalue weighted by Crippen LogP contribution is 2.38. The van der Waals surface area contributed by atoms with Crippen LogP contribution in [-0.2, 0) is 11.3 Å². The summed E-state index contributed by atoms with van der Waals surface area (Å²) in [5.74, 6) is -1.29. The third kappa shape index (κ3) is 4.96. The molecule has 0 aliphatic rings. The fraction of sp³-hybridized carbons (Fsp3) is 0.129. The first-order chi connectivity index (χ1) is 17.9. The highest BCUT2D eigenvalue weighted by molar-refractivity contribution is 6.01. The third-order valence-corrected chi connectivity index (χ3v) is 6.31. The van der Waals surface area contributed by atoms with Crippen molar-refractivity contribution >= 4 is 33.2 Å². The van der Waals surface area contributed by atoms with Crippen LogP contribution in [0.5, 0.6) is 5.75 Å². The van der Waals surface area contributed by atoms with Gasteiger partial charge < -0.3 is 14.5 Å². The molecule has 5 aromatic rings. The Morgan fingerprint density at radius 2 is 1.73 bits per heavy atom. The van der Waals surface area contributed by atoms with Crippen LogP contribution in [0.1, 0.15) is 25.0 Å². The highest BCUT2D eigenvalue weighted by Gasteiger charge is 2.16. The van der Waals surface area contributed by atoms with E-state index in [1.54, 1.807) is 13.2 Å². The Kier molecular flexibility index (Phi) is 6.73. The first-order valence-corrected chi connectivity index (χ1v) is 12.0. The van der Waals surface area contributed by atoms with Crippen molar-refractivity contribution in [1.29, 1.82) is 0 Å². The summed E-state index contributed by atoms with van der Waals surface area (Å²) in [7, 11) is 0. The van der Waals surface area contributed by atoms with E-state index in [0.717, 1.165) is 45.0 Å². The van der Waals surface area contributed by atoms with E-state index in [4.69, 9.17) is 9.15 Å². The van der Waals surface area contributed by atoms with E-state index in [-0.39, 0.29) is 12.1 Å². The Morgan fingerprint density at radius 1 is 0.973 bits per heavy atom. The van der Waals surface area contributed by atoms with Crippen molar-refractivity contribution in [2.75, 3.05) is 6.61 Å². The van der Waals surface area contributed by atoms with Gasteiger partial charge in [0.2, 0.25) is 5.91 Å². The monoisotopic (exact) mass is 497 g/mol. The molecule has 0 saturated heterocycles. The zero-order valence-electron chi connectivity index (χ0n) is 20.5. The van der Waals surface area contributed by atoms with Crippen molar-refractivity contribution < 1.29 is 22.7 Å². The van der Waals surface area contributed by atoms with E-state index < -0.39 is 17.5 Å². The minimum absolute atomic E-state index is 0.184. The van der Waals surface area contributed by atoms with Crippen LogP contribution in [0.3, 0.4) is 0 Å². The number of allylic oxidation sites excluding steroid dienone is 1. The lowest BCUT2D eigenvalue weighted by molar-refractivity contribution is -0.116. The lowest BCUT2D eigenvalue weighted by atomic mass is 9.97. The minimum atomic E-state index is -0.703. The van der Waals surface area contributed by atoms with Crippen LogP contribution < -0.4 is 10.1 Å². The van der Waals surface area contributed by atoms with Crippen molar-refractivity contribution in [2.24, 2.45) is 0 Å². The van der Waals surface area contributed by atoms with Gasteiger partial charge in [-0.3, -0.25) is 4.79 Å². The summed E-state index contributed by atoms with van der Waals surface area (Å²) in [5, 5.41) is 5.72. The molecule has 0 bridgehead atoms. The molecule has 0 fully saturated rings. The Labute approximate surface area is 213 Å². The van der Waals surface area contributed by atoms with Gasteiger partial charge in [0.25, 0.3) is 0 Å². The number of hydrogen-bond acceptors (Lipinski definition) is 3. The van der Waals surface area contributed by atoms with Crippen molar-refractivity contribution in [3.05, 3.63) is 108 Å². The molecule has 4 nitrogen and oxygen atoms in total. The van der Waals surface area contributed by atoms with Crippen LogP contribution in [0, 0.1) is 11.6 Å². The molecule has 0 aliphatic heterocycles. The molecular formula is C31H25F2NO3. The van der Waals surface area contributed by atoms with E-state index in [2.05, 4.69) is 35.6 Å². The summed E-state index contributed by atoms with van der Waals surface area (Å²) < 4.78 is 39.6. The molecule has 1 N–H and O–H groups in total. The molecular weight excluding hydrogens is 472 g/mol. The average Bonchev–Trinajstić information content (AvgIpc) is 3.30. The molecule has 1 heterocycles. The van der Waals surface area contributed by atoms with Gasteiger partial charge in [0.05, 0.1) is 12.9 Å². The van der Waals surface area contributed by atoms with Crippen LogP contribution >= 0.6 is 0 Å². The molecule has 0 spiro atoms. The molecule has 0 saturated carbocycles. The van der Waals surface area contributed by atoms with Crippen LogP contribution in [-0.4, -0.2) is 12.5 Å². The normalized spacial score (nSPS) is 11.7. The molecule has 1 aromatic heterocycles. The summed E-state index contributed by atoms with van der Waals surface area (Å²) in [6, 6.07) is 21.8. The number of hydrogen-bond donors (Lipinski definition) is 1. The first-order valence-electron chi connectivity index (χ1n) is 12.0. The van der Waals surface area contributed by atoms with Crippen LogP contribution in [0.15, 0.2) is 89.6 Å². The lowest BCUT2D eigenvalue weighted by Crippen LogP contribution is -2.22. The van der Waals surface area contributed by atoms with Crippen LogP contribution in [0.4, 0.5) is 8.78 Å². The quantitative estimate of drug-likeness (QED) is 0.235. The number of nitrogens with one attached hydrogen (secondary N) is 1. The van der Waals surface area contributed by atoms with Gasteiger partial charge >= 0.3 is 0 Å². The Balaban J connectivity index is 1.49. The first kappa shape index (κ1) is 24.3. The summed E-state index contributed by atoms with van der Waals surface area (Å²) in [6.07, 6.45) is 3.13. The van der Waals surface area contributed by atoms with Crippen molar-refractivity contribution in [1.82, 2.24) is 5.32 Å². The number of rotatable bonds is 7. The largest absolute Gasteiger partial charge is 0.493 e. The molecule has 6 heteroatoms. The van der Waals surface area contributed by atoms with Gasteiger partial charge in [-0.1, -0.05) is 42.5 Å². The summed E-state index contributed by atoms with van der Waals surface area (Å²) in [4.78, 5) is 12.6. The predicted octanol–water partition coefficient (Wildman–Crippen LogP) is 7.65. The van der Waals surface area contributed by atoms with Crippen molar-refractivity contribution in [3.63, 3.8) is 0 Å². The second-order valence-corrected chi connectivity index (χ2v) is 8.73. The van der Waals surface area contributed by atoms with Gasteiger partial charge in [-0.25, -0.2) is 8.78 Å². The van der Waals surface area contributed by atoms with Gasteiger partial charge in [-0.05, 0) is 60.0 Å². The molecule has 0 atom stereocenters. The third-order valence-electron chi connectivity index (χ3n) is 6.31. The second kappa shape index (κ2) is 10.3. The number of halogens is 2. The fourth-order valence-corrected chi connectivity index (χ4v) is 4.42. The van der Waals surface area contributed by atoms with E-state index in [0.29, 0.717) is 23.5 Å². The van der Waals surface area contributed by atoms with Gasteiger partial charge in [0, 0.05) is 40.8 Å². The van der Waals surface area contributed by atoms with Crippen LogP contribution in [0.2, 0.25) is 0 Å². The second-order valence-electron chi connectivity index (χ2n) is 8.73. The standard InChI is InChI=1S/C31H25F2NO3/c1-3-36-29-16-30-24(26(18-37-30)22-12-11-20-7-4-5-8-21(20)14-22)15-23(29)19(2)13-31(35)34-17-25-27(32)9-6-10-28(25)33/h4-16,18H,3,17H2,1-2H3,(H,34,35)/b19-13+. The summed E-state index contributed by atoms with van der Waals surface area (Å²) in [5.41, 5.74) is 3.79. The number of amides is 1. The molecule has 5 rings (SSSR count). The number of furan rings is 1. The van der Waals surface area contributed by atoms with Crippen molar-refractivity contribution in [2.45, 2.75) is 20.4 Å². The van der Waals surface area contributed by atoms with Gasteiger partial charge in [0.15, 0.2) is 0 Å². The Hall–Kier alpha value is -4.45. The molecule has 1 amide bonds. The predicted molar refractivity (Wildman–Crippen MR) is 142 cm³/mol. The molecule has 186 valence electrons. The van der Waals surface area contributed by atoms with Gasteiger partial charge in [-0.15, -0.1) is 0 Å².